The summed E-state index contributed by atoms with van der Waals surface area (Å²) in [6.45, 7) is 3.49. The fraction of sp³-hybridized carbons (Fsp3) is 0.333. The molecule has 8 heteroatoms. The number of nitrogens with one attached hydrogen (secondary N) is 2. The second-order valence-electron chi connectivity index (χ2n) is 4.57. The summed E-state index contributed by atoms with van der Waals surface area (Å²) >= 11 is 0. The molecule has 1 aromatic carbocycles. The van der Waals surface area contributed by atoms with Gasteiger partial charge < -0.3 is 5.73 Å². The van der Waals surface area contributed by atoms with E-state index >= 15 is 0 Å². The van der Waals surface area contributed by atoms with Gasteiger partial charge >= 0.3 is 0 Å². The van der Waals surface area contributed by atoms with E-state index in [0.717, 1.165) is 5.56 Å². The van der Waals surface area contributed by atoms with Gasteiger partial charge in [0.1, 0.15) is 12.2 Å². The number of sulfonamides is 1. The van der Waals surface area contributed by atoms with Gasteiger partial charge in [0.2, 0.25) is 10.0 Å². The van der Waals surface area contributed by atoms with Gasteiger partial charge in [0.15, 0.2) is 0 Å². The maximum absolute atomic E-state index is 12.3. The molecular weight excluding hydrogens is 278 g/mol. The van der Waals surface area contributed by atoms with Crippen molar-refractivity contribution >= 4 is 10.0 Å². The second kappa shape index (κ2) is 5.70. The minimum atomic E-state index is -3.63. The molecule has 0 bridgehead atoms. The van der Waals surface area contributed by atoms with Crippen LogP contribution in [-0.2, 0) is 10.0 Å². The summed E-state index contributed by atoms with van der Waals surface area (Å²) in [4.78, 5) is 4.11. The Morgan fingerprint density at radius 3 is 2.70 bits per heavy atom. The van der Waals surface area contributed by atoms with Crippen LogP contribution < -0.4 is 10.5 Å². The van der Waals surface area contributed by atoms with Crippen LogP contribution in [0.25, 0.3) is 0 Å². The van der Waals surface area contributed by atoms with Gasteiger partial charge in [-0.2, -0.15) is 5.10 Å². The van der Waals surface area contributed by atoms with Crippen LogP contribution in [0.5, 0.6) is 0 Å². The Morgan fingerprint density at radius 2 is 2.10 bits per heavy atom. The molecule has 20 heavy (non-hydrogen) atoms. The lowest BCUT2D eigenvalue weighted by atomic mass is 10.1. The van der Waals surface area contributed by atoms with Crippen molar-refractivity contribution in [2.45, 2.75) is 30.8 Å². The molecule has 0 saturated heterocycles. The van der Waals surface area contributed by atoms with E-state index in [1.54, 1.807) is 32.0 Å². The first-order valence-electron chi connectivity index (χ1n) is 6.13. The van der Waals surface area contributed by atoms with Gasteiger partial charge in [0.25, 0.3) is 0 Å². The summed E-state index contributed by atoms with van der Waals surface area (Å²) in [5, 5.41) is 6.33. The average molecular weight is 295 g/mol. The smallest absolute Gasteiger partial charge is 0.241 e. The van der Waals surface area contributed by atoms with Crippen LogP contribution in [0.1, 0.15) is 37.3 Å². The Labute approximate surface area is 117 Å². The van der Waals surface area contributed by atoms with E-state index in [2.05, 4.69) is 19.9 Å². The highest BCUT2D eigenvalue weighted by molar-refractivity contribution is 7.89. The first-order valence-corrected chi connectivity index (χ1v) is 7.61. The molecule has 0 aliphatic heterocycles. The van der Waals surface area contributed by atoms with Gasteiger partial charge in [-0.3, -0.25) is 5.10 Å². The van der Waals surface area contributed by atoms with Crippen LogP contribution in [0.15, 0.2) is 35.5 Å². The lowest BCUT2D eigenvalue weighted by Gasteiger charge is -2.13. The summed E-state index contributed by atoms with van der Waals surface area (Å²) in [6.07, 6.45) is 1.33. The van der Waals surface area contributed by atoms with Gasteiger partial charge in [-0.15, -0.1) is 0 Å². The number of nitrogens with zero attached hydrogens (tertiary/aromatic N) is 2. The zero-order chi connectivity index (χ0) is 14.8. The maximum Gasteiger partial charge on any atom is 0.241 e. The Morgan fingerprint density at radius 1 is 1.35 bits per heavy atom. The van der Waals surface area contributed by atoms with E-state index in [-0.39, 0.29) is 10.9 Å². The van der Waals surface area contributed by atoms with Crippen molar-refractivity contribution in [3.63, 3.8) is 0 Å². The monoisotopic (exact) mass is 295 g/mol. The fourth-order valence-corrected chi connectivity index (χ4v) is 3.01. The van der Waals surface area contributed by atoms with E-state index in [0.29, 0.717) is 5.82 Å². The third kappa shape index (κ3) is 3.21. The van der Waals surface area contributed by atoms with Crippen LogP contribution in [0.4, 0.5) is 0 Å². The van der Waals surface area contributed by atoms with Crippen molar-refractivity contribution in [2.24, 2.45) is 5.73 Å². The minimum absolute atomic E-state index is 0.179. The van der Waals surface area contributed by atoms with Gasteiger partial charge in [-0.25, -0.2) is 18.1 Å². The van der Waals surface area contributed by atoms with Gasteiger partial charge in [0, 0.05) is 6.04 Å². The molecule has 108 valence electrons. The molecule has 4 N–H and O–H groups in total. The van der Waals surface area contributed by atoms with E-state index in [9.17, 15) is 8.42 Å². The highest BCUT2D eigenvalue weighted by Crippen LogP contribution is 2.18. The number of aromatic nitrogens is 3. The van der Waals surface area contributed by atoms with E-state index < -0.39 is 16.1 Å². The third-order valence-corrected chi connectivity index (χ3v) is 4.41. The summed E-state index contributed by atoms with van der Waals surface area (Å²) in [7, 11) is -3.63. The fourth-order valence-electron chi connectivity index (χ4n) is 1.75. The van der Waals surface area contributed by atoms with Crippen molar-refractivity contribution in [3.05, 3.63) is 42.0 Å². The predicted octanol–water partition coefficient (Wildman–Crippen LogP) is 0.864. The van der Waals surface area contributed by atoms with Crippen molar-refractivity contribution in [3.8, 4) is 0 Å². The Bertz CT molecular complexity index is 667. The number of rotatable bonds is 5. The molecule has 0 radical (unpaired) electrons. The molecule has 0 aliphatic carbocycles. The zero-order valence-corrected chi connectivity index (χ0v) is 12.1. The van der Waals surface area contributed by atoms with Crippen LogP contribution in [0.2, 0.25) is 0 Å². The minimum Gasteiger partial charge on any atom is -0.324 e. The summed E-state index contributed by atoms with van der Waals surface area (Å²) in [5.74, 6) is 0.455. The summed E-state index contributed by atoms with van der Waals surface area (Å²) < 4.78 is 27.1. The topological polar surface area (TPSA) is 114 Å². The number of hydrogen-bond donors (Lipinski definition) is 3. The van der Waals surface area contributed by atoms with Crippen molar-refractivity contribution in [1.29, 1.82) is 0 Å². The molecule has 1 aromatic heterocycles. The Hall–Kier alpha value is -1.77. The SMILES string of the molecule is CC(N)c1cccc(S(=O)(=O)NC(C)c2ncn[nH]2)c1. The highest BCUT2D eigenvalue weighted by Gasteiger charge is 2.20. The van der Waals surface area contributed by atoms with Gasteiger partial charge in [-0.05, 0) is 31.5 Å². The van der Waals surface area contributed by atoms with E-state index in [1.165, 1.54) is 12.4 Å². The average Bonchev–Trinajstić information content (AvgIpc) is 2.92. The van der Waals surface area contributed by atoms with Crippen molar-refractivity contribution in [2.75, 3.05) is 0 Å². The number of nitrogens with two attached hydrogens (primary N) is 1. The molecule has 0 spiro atoms. The molecule has 0 fully saturated rings. The molecule has 2 unspecified atom stereocenters. The number of aromatic amines is 1. The number of H-pyrrole nitrogens is 1. The van der Waals surface area contributed by atoms with Crippen LogP contribution >= 0.6 is 0 Å². The molecule has 2 rings (SSSR count). The largest absolute Gasteiger partial charge is 0.324 e. The molecular formula is C12H17N5O2S. The molecule has 2 aromatic rings. The normalized spacial score (nSPS) is 14.9. The van der Waals surface area contributed by atoms with Crippen LogP contribution in [-0.4, -0.2) is 23.6 Å². The number of hydrogen-bond acceptors (Lipinski definition) is 5. The first-order chi connectivity index (χ1) is 9.40. The lowest BCUT2D eigenvalue weighted by molar-refractivity contribution is 0.560. The van der Waals surface area contributed by atoms with Crippen molar-refractivity contribution < 1.29 is 8.42 Å². The molecule has 0 aliphatic rings. The molecule has 2 atom stereocenters. The number of benzene rings is 1. The molecule has 7 nitrogen and oxygen atoms in total. The van der Waals surface area contributed by atoms with Crippen LogP contribution in [0, 0.1) is 0 Å². The van der Waals surface area contributed by atoms with Gasteiger partial charge in [0.05, 0.1) is 10.9 Å². The lowest BCUT2D eigenvalue weighted by Crippen LogP contribution is -2.27. The van der Waals surface area contributed by atoms with Crippen LogP contribution in [0.3, 0.4) is 0 Å². The zero-order valence-electron chi connectivity index (χ0n) is 11.2. The quantitative estimate of drug-likeness (QED) is 0.757. The molecule has 1 heterocycles. The predicted molar refractivity (Wildman–Crippen MR) is 74.2 cm³/mol. The van der Waals surface area contributed by atoms with E-state index in [1.807, 2.05) is 0 Å². The van der Waals surface area contributed by atoms with Gasteiger partial charge in [-0.1, -0.05) is 12.1 Å². The first kappa shape index (κ1) is 14.6. The molecule has 0 amide bonds. The summed E-state index contributed by atoms with van der Waals surface area (Å²) in [6, 6.07) is 5.84. The standard InChI is InChI=1S/C12H17N5O2S/c1-8(13)10-4-3-5-11(6-10)20(18,19)17-9(2)12-14-7-15-16-12/h3-9,17H,13H2,1-2H3,(H,14,15,16). The summed E-state index contributed by atoms with van der Waals surface area (Å²) in [5.41, 5.74) is 6.53. The Kier molecular flexibility index (Phi) is 4.17. The second-order valence-corrected chi connectivity index (χ2v) is 6.29. The third-order valence-electron chi connectivity index (χ3n) is 2.87. The van der Waals surface area contributed by atoms with E-state index in [4.69, 9.17) is 5.73 Å². The highest BCUT2D eigenvalue weighted by atomic mass is 32.2. The van der Waals surface area contributed by atoms with Crippen molar-refractivity contribution in [1.82, 2.24) is 19.9 Å². The maximum atomic E-state index is 12.3. The molecule has 0 saturated carbocycles. The Balaban J connectivity index is 2.24.